The summed E-state index contributed by atoms with van der Waals surface area (Å²) in [6.45, 7) is 0. The van der Waals surface area contributed by atoms with Crippen molar-refractivity contribution in [2.45, 2.75) is 19.3 Å². The van der Waals surface area contributed by atoms with E-state index in [2.05, 4.69) is 16.3 Å². The third-order valence-corrected chi connectivity index (χ3v) is 1.66. The second-order valence-corrected chi connectivity index (χ2v) is 2.27. The first-order valence-corrected chi connectivity index (χ1v) is 3.18. The van der Waals surface area contributed by atoms with Crippen LogP contribution in [0.2, 0.25) is 0 Å². The lowest BCUT2D eigenvalue weighted by Gasteiger charge is -1.89. The maximum Gasteiger partial charge on any atom is 0.0669 e. The van der Waals surface area contributed by atoms with E-state index in [1.54, 1.807) is 6.20 Å². The Hall–Kier alpha value is -0.920. The fourth-order valence-electron chi connectivity index (χ4n) is 1.20. The smallest absolute Gasteiger partial charge is 0.0669 e. The molecule has 1 aliphatic rings. The van der Waals surface area contributed by atoms with E-state index in [9.17, 15) is 0 Å². The third kappa shape index (κ3) is 0.707. The highest BCUT2D eigenvalue weighted by Gasteiger charge is 2.10. The molecule has 2 heteroatoms. The van der Waals surface area contributed by atoms with E-state index in [0.717, 1.165) is 18.5 Å². The lowest BCUT2D eigenvalue weighted by atomic mass is 10.2. The van der Waals surface area contributed by atoms with Crippen LogP contribution in [0.15, 0.2) is 6.20 Å². The van der Waals surface area contributed by atoms with Crippen molar-refractivity contribution in [2.75, 3.05) is 0 Å². The normalized spacial score (nSPS) is 15.6. The minimum Gasteiger partial charge on any atom is -0.158 e. The van der Waals surface area contributed by atoms with Gasteiger partial charge in [0.15, 0.2) is 0 Å². The minimum absolute atomic E-state index is 1.10. The molecule has 2 nitrogen and oxygen atoms in total. The van der Waals surface area contributed by atoms with Crippen LogP contribution in [0, 0.1) is 6.07 Å². The molecule has 0 unspecified atom stereocenters. The highest BCUT2D eigenvalue weighted by atomic mass is 15.1. The lowest BCUT2D eigenvalue weighted by Crippen LogP contribution is -1.88. The molecule has 0 amide bonds. The first kappa shape index (κ1) is 4.91. The highest BCUT2D eigenvalue weighted by molar-refractivity contribution is 5.20. The monoisotopic (exact) mass is 119 g/mol. The van der Waals surface area contributed by atoms with Gasteiger partial charge in [0.25, 0.3) is 0 Å². The van der Waals surface area contributed by atoms with Crippen LogP contribution < -0.4 is 0 Å². The van der Waals surface area contributed by atoms with Crippen molar-refractivity contribution in [1.29, 1.82) is 0 Å². The molecule has 9 heavy (non-hydrogen) atoms. The average molecular weight is 119 g/mol. The van der Waals surface area contributed by atoms with Gasteiger partial charge in [-0.2, -0.15) is 10.2 Å². The fraction of sp³-hybridized carbons (Fsp3) is 0.429. The maximum atomic E-state index is 3.98. The average Bonchev–Trinajstić information content (AvgIpc) is 2.33. The predicted molar refractivity (Wildman–Crippen MR) is 32.9 cm³/mol. The van der Waals surface area contributed by atoms with Crippen LogP contribution in [0.3, 0.4) is 0 Å². The topological polar surface area (TPSA) is 25.8 Å². The summed E-state index contributed by atoms with van der Waals surface area (Å²) in [5.41, 5.74) is 2.42. The summed E-state index contributed by atoms with van der Waals surface area (Å²) < 4.78 is 0. The van der Waals surface area contributed by atoms with Gasteiger partial charge in [-0.05, 0) is 24.8 Å². The first-order chi connectivity index (χ1) is 4.47. The molecule has 45 valence electrons. The van der Waals surface area contributed by atoms with Crippen LogP contribution in [-0.2, 0) is 12.8 Å². The summed E-state index contributed by atoms with van der Waals surface area (Å²) in [5, 5.41) is 7.73. The van der Waals surface area contributed by atoms with E-state index in [-0.39, 0.29) is 0 Å². The third-order valence-electron chi connectivity index (χ3n) is 1.66. The van der Waals surface area contributed by atoms with Gasteiger partial charge in [0.2, 0.25) is 0 Å². The van der Waals surface area contributed by atoms with Gasteiger partial charge >= 0.3 is 0 Å². The molecule has 0 bridgehead atoms. The number of aryl methyl sites for hydroxylation is 2. The molecule has 0 aromatic carbocycles. The molecule has 0 fully saturated rings. The van der Waals surface area contributed by atoms with Gasteiger partial charge in [-0.15, -0.1) is 0 Å². The molecule has 1 aromatic rings. The van der Waals surface area contributed by atoms with E-state index in [1.807, 2.05) is 0 Å². The van der Waals surface area contributed by atoms with E-state index in [0.29, 0.717) is 0 Å². The van der Waals surface area contributed by atoms with Crippen LogP contribution in [-0.4, -0.2) is 10.2 Å². The Labute approximate surface area is 53.9 Å². The van der Waals surface area contributed by atoms with E-state index in [4.69, 9.17) is 0 Å². The van der Waals surface area contributed by atoms with Gasteiger partial charge in [0, 0.05) is 6.07 Å². The van der Waals surface area contributed by atoms with Crippen molar-refractivity contribution >= 4 is 0 Å². The van der Waals surface area contributed by atoms with Crippen LogP contribution in [0.4, 0.5) is 0 Å². The zero-order chi connectivity index (χ0) is 6.10. The number of hydrogen-bond acceptors (Lipinski definition) is 2. The molecule has 1 radical (unpaired) electrons. The van der Waals surface area contributed by atoms with Gasteiger partial charge in [-0.1, -0.05) is 0 Å². The van der Waals surface area contributed by atoms with E-state index in [1.165, 1.54) is 12.0 Å². The molecule has 1 aliphatic carbocycles. The van der Waals surface area contributed by atoms with Crippen molar-refractivity contribution in [3.05, 3.63) is 23.5 Å². The minimum atomic E-state index is 1.10. The zero-order valence-electron chi connectivity index (χ0n) is 5.09. The number of fused-ring (bicyclic) bond motifs is 1. The largest absolute Gasteiger partial charge is 0.158 e. The number of nitrogens with zero attached hydrogens (tertiary/aromatic N) is 2. The first-order valence-electron chi connectivity index (χ1n) is 3.18. The Morgan fingerprint density at radius 3 is 3.33 bits per heavy atom. The van der Waals surface area contributed by atoms with Gasteiger partial charge < -0.3 is 0 Å². The molecular formula is C7H7N2. The summed E-state index contributed by atoms with van der Waals surface area (Å²) in [6.07, 6.45) is 5.11. The molecule has 1 aromatic heterocycles. The molecule has 0 atom stereocenters. The summed E-state index contributed by atoms with van der Waals surface area (Å²) in [4.78, 5) is 0. The van der Waals surface area contributed by atoms with Crippen molar-refractivity contribution in [3.8, 4) is 0 Å². The molecule has 0 saturated heterocycles. The van der Waals surface area contributed by atoms with Crippen LogP contribution in [0.1, 0.15) is 17.7 Å². The van der Waals surface area contributed by atoms with Crippen molar-refractivity contribution in [2.24, 2.45) is 0 Å². The summed E-state index contributed by atoms with van der Waals surface area (Å²) in [6, 6.07) is 3.08. The Bertz CT molecular complexity index is 197. The van der Waals surface area contributed by atoms with E-state index < -0.39 is 0 Å². The molecule has 0 spiro atoms. The summed E-state index contributed by atoms with van der Waals surface area (Å²) in [7, 11) is 0. The fourth-order valence-corrected chi connectivity index (χ4v) is 1.20. The van der Waals surface area contributed by atoms with Crippen molar-refractivity contribution in [1.82, 2.24) is 10.2 Å². The summed E-state index contributed by atoms with van der Waals surface area (Å²) in [5.74, 6) is 0. The molecule has 0 saturated carbocycles. The van der Waals surface area contributed by atoms with Crippen LogP contribution in [0.5, 0.6) is 0 Å². The molecule has 0 N–H and O–H groups in total. The predicted octanol–water partition coefficient (Wildman–Crippen LogP) is 0.765. The van der Waals surface area contributed by atoms with Crippen molar-refractivity contribution < 1.29 is 0 Å². The molecule has 2 rings (SSSR count). The Morgan fingerprint density at radius 2 is 2.44 bits per heavy atom. The zero-order valence-corrected chi connectivity index (χ0v) is 5.09. The molecular weight excluding hydrogens is 112 g/mol. The lowest BCUT2D eigenvalue weighted by molar-refractivity contribution is 0.878. The number of rotatable bonds is 0. The molecule has 0 aliphatic heterocycles. The Balaban J connectivity index is 2.54. The van der Waals surface area contributed by atoms with Crippen LogP contribution in [0.25, 0.3) is 0 Å². The van der Waals surface area contributed by atoms with Crippen LogP contribution >= 0.6 is 0 Å². The number of hydrogen-bond donors (Lipinski definition) is 0. The summed E-state index contributed by atoms with van der Waals surface area (Å²) >= 11 is 0. The van der Waals surface area contributed by atoms with Gasteiger partial charge in [-0.3, -0.25) is 0 Å². The van der Waals surface area contributed by atoms with Gasteiger partial charge in [0.05, 0.1) is 11.9 Å². The standard InChI is InChI=1S/C7H7N2/c1-2-6-4-5-8-9-7(6)3-1/h5H,1-3H2. The maximum absolute atomic E-state index is 3.98. The second-order valence-electron chi connectivity index (χ2n) is 2.27. The SMILES string of the molecule is [c]1cnnc2c1CCC2. The molecule has 1 heterocycles. The highest BCUT2D eigenvalue weighted by Crippen LogP contribution is 2.16. The Kier molecular flexibility index (Phi) is 0.979. The van der Waals surface area contributed by atoms with E-state index >= 15 is 0 Å². The second kappa shape index (κ2) is 1.79. The quantitative estimate of drug-likeness (QED) is 0.504. The van der Waals surface area contributed by atoms with Gasteiger partial charge in [0.1, 0.15) is 0 Å². The van der Waals surface area contributed by atoms with Crippen molar-refractivity contribution in [3.63, 3.8) is 0 Å². The Morgan fingerprint density at radius 1 is 1.44 bits per heavy atom. The van der Waals surface area contributed by atoms with Gasteiger partial charge in [-0.25, -0.2) is 0 Å². The number of aromatic nitrogens is 2.